The van der Waals surface area contributed by atoms with Crippen LogP contribution in [-0.4, -0.2) is 320 Å². The first-order chi connectivity index (χ1) is 50.3. The molecule has 0 radical (unpaired) electrons. The molecule has 584 valence electrons. The van der Waals surface area contributed by atoms with E-state index in [1.165, 1.54) is 109 Å². The maximum Gasteiger partial charge on any atom is 0.323 e. The molecule has 41 heteroatoms. The van der Waals surface area contributed by atoms with Gasteiger partial charge >= 0.3 is 6.03 Å². The number of hydrazone groups is 2. The topological polar surface area (TPSA) is 597 Å². The zero-order valence-corrected chi connectivity index (χ0v) is 60.2. The summed E-state index contributed by atoms with van der Waals surface area (Å²) in [5, 5.41) is 117. The van der Waals surface area contributed by atoms with Crippen molar-refractivity contribution in [2.75, 3.05) is 179 Å². The van der Waals surface area contributed by atoms with Gasteiger partial charge in [-0.1, -0.05) is 24.3 Å². The highest BCUT2D eigenvalue weighted by molar-refractivity contribution is 7.91. The van der Waals surface area contributed by atoms with Gasteiger partial charge < -0.3 is 71.9 Å². The van der Waals surface area contributed by atoms with Crippen LogP contribution in [-0.2, 0) is 40.5 Å². The monoisotopic (exact) mass is 1570 g/mol. The van der Waals surface area contributed by atoms with Crippen LogP contribution in [0.25, 0.3) is 33.7 Å². The van der Waals surface area contributed by atoms with Crippen LogP contribution in [0, 0.1) is 0 Å². The zero-order valence-electron chi connectivity index (χ0n) is 57.0. The molecule has 8 rings (SSSR count). The molecule has 0 saturated carbocycles. The minimum absolute atomic E-state index is 0.0262. The molecule has 2 amide bonds. The van der Waals surface area contributed by atoms with Crippen LogP contribution >= 0.6 is 0 Å². The minimum Gasteiger partial charge on any atom is -0.395 e. The number of anilines is 4. The number of allylic oxidation sites excluding steroid dienone is 2. The van der Waals surface area contributed by atoms with Crippen LogP contribution in [0.1, 0.15) is 31.8 Å². The number of fused-ring (bicyclic) bond motifs is 4. The summed E-state index contributed by atoms with van der Waals surface area (Å²) in [7, 11) is -19.1. The molecule has 0 unspecified atom stereocenters. The van der Waals surface area contributed by atoms with Crippen molar-refractivity contribution in [3.8, 4) is 0 Å². The van der Waals surface area contributed by atoms with Crippen molar-refractivity contribution in [1.82, 2.24) is 19.6 Å². The van der Waals surface area contributed by atoms with Gasteiger partial charge in [0.2, 0.25) is 11.6 Å². The number of carbonyl (C=O) groups is 3. The lowest BCUT2D eigenvalue weighted by Crippen LogP contribution is -2.32. The summed E-state index contributed by atoms with van der Waals surface area (Å²) < 4.78 is 135. The number of aliphatic hydroxyl groups excluding tert-OH is 12. The highest BCUT2D eigenvalue weighted by Crippen LogP contribution is 2.32. The number of nitrogens with zero attached hydrogens (tertiary/aromatic N) is 6. The Labute approximate surface area is 610 Å². The number of carbonyl (C=O) groups excluding carboxylic acids is 3. The second-order valence-corrected chi connectivity index (χ2v) is 28.0. The van der Waals surface area contributed by atoms with E-state index in [2.05, 4.69) is 31.7 Å². The number of benzene rings is 6. The van der Waals surface area contributed by atoms with Crippen molar-refractivity contribution < 1.29 is 128 Å². The molecule has 37 nitrogen and oxygen atoms in total. The number of rotatable bonds is 34. The standard InChI is InChI=1S/C41H28N6O15S4.4C6H15NO3/c48-39-33-11-7-27(15-25(33)19-35(65(57,58)59)37(39)46-44-29-5-1-23-17-31(63(51,52)53)9-3-21(23)13-29)42-41(50)43-28-8-12-34-26(16-28)20-36(66(60,61)62)38(40(34)49)47-45-30-6-2-24-18-32(64(54,55)56)10-4-22(24)14-30;4*8-4-1-7(2-5-9)3-6-10/h1-20,44-45H,(H2,42,43,50)(H,51,52,53)(H,54,55,56)(H,57,58,59)(H,60,61,62);4*8-10H,1-6H2/b46-37+,47-38+;;;;. The molecule has 20 N–H and O–H groups in total. The third-order valence-corrected chi connectivity index (χ3v) is 18.4. The van der Waals surface area contributed by atoms with E-state index in [0.717, 1.165) is 12.2 Å². The van der Waals surface area contributed by atoms with E-state index in [1.54, 1.807) is 19.6 Å². The summed E-state index contributed by atoms with van der Waals surface area (Å²) in [5.41, 5.74) is 4.15. The molecule has 0 saturated heterocycles. The van der Waals surface area contributed by atoms with Gasteiger partial charge in [-0.3, -0.25) is 58.3 Å². The first kappa shape index (κ1) is 90.3. The fourth-order valence-corrected chi connectivity index (χ4v) is 12.3. The number of urea groups is 1. The third kappa shape index (κ3) is 29.2. The fraction of sp³-hybridized carbons (Fsp3) is 0.369. The predicted octanol–water partition coefficient (Wildman–Crippen LogP) is -1.02. The van der Waals surface area contributed by atoms with Crippen LogP contribution in [0.5, 0.6) is 0 Å². The Hall–Kier alpha value is -8.13. The molecule has 106 heavy (non-hydrogen) atoms. The Kier molecular flexibility index (Phi) is 38.2. The quantitative estimate of drug-likeness (QED) is 0.0170. The van der Waals surface area contributed by atoms with E-state index in [0.29, 0.717) is 100 Å². The summed E-state index contributed by atoms with van der Waals surface area (Å²) >= 11 is 0. The maximum absolute atomic E-state index is 13.6. The van der Waals surface area contributed by atoms with Crippen LogP contribution < -0.4 is 21.5 Å². The van der Waals surface area contributed by atoms with Gasteiger partial charge in [-0.2, -0.15) is 43.9 Å². The van der Waals surface area contributed by atoms with Crippen LogP contribution in [0.15, 0.2) is 139 Å². The Bertz CT molecular complexity index is 4140. The van der Waals surface area contributed by atoms with Gasteiger partial charge in [0.25, 0.3) is 40.5 Å². The SMILES string of the molecule is O=C(Nc1ccc2c(c1)C=C(S(=O)(=O)O)/C(=N\Nc1ccc3cc(S(=O)(=O)O)ccc3c1)C2=O)Nc1ccc2c(c1)C=C(S(=O)(=O)O)/C(=N\Nc1ccc3cc(S(=O)(=O)O)ccc3c1)C2=O.OCCN(CCO)CCO.OCCN(CCO)CCO.OCCN(CCO)CCO.OCCN(CCO)CCO. The molecular formula is C65H88N10O27S4. The number of hydrogen-bond acceptors (Lipinski definition) is 31. The third-order valence-electron chi connectivity index (χ3n) is 14.9. The molecule has 2 aliphatic carbocycles. The first-order valence-corrected chi connectivity index (χ1v) is 37.8. The van der Waals surface area contributed by atoms with Crippen molar-refractivity contribution in [2.45, 2.75) is 9.79 Å². The van der Waals surface area contributed by atoms with Gasteiger partial charge in [-0.05, 0) is 130 Å². The summed E-state index contributed by atoms with van der Waals surface area (Å²) in [6, 6.07) is 23.2. The lowest BCUT2D eigenvalue weighted by molar-refractivity contribution is 0.105. The molecule has 0 spiro atoms. The van der Waals surface area contributed by atoms with Gasteiger partial charge in [-0.15, -0.1) is 0 Å². The Morgan fingerprint density at radius 3 is 0.811 bits per heavy atom. The summed E-state index contributed by atoms with van der Waals surface area (Å²) in [6.07, 6.45) is 1.93. The van der Waals surface area contributed by atoms with E-state index < -0.39 is 79.3 Å². The average Bonchev–Trinajstić information content (AvgIpc) is 0.773. The Morgan fingerprint density at radius 2 is 0.566 bits per heavy atom. The average molecular weight is 1570 g/mol. The predicted molar refractivity (Wildman–Crippen MR) is 394 cm³/mol. The molecular weight excluding hydrogens is 1480 g/mol. The van der Waals surface area contributed by atoms with E-state index in [4.69, 9.17) is 61.3 Å². The van der Waals surface area contributed by atoms with Gasteiger partial charge in [-0.25, -0.2) is 4.79 Å². The van der Waals surface area contributed by atoms with Crippen LogP contribution in [0.2, 0.25) is 0 Å². The summed E-state index contributed by atoms with van der Waals surface area (Å²) in [5.74, 6) is -1.83. The van der Waals surface area contributed by atoms with Crippen molar-refractivity contribution in [3.05, 3.63) is 141 Å². The van der Waals surface area contributed by atoms with Crippen molar-refractivity contribution in [1.29, 1.82) is 0 Å². The largest absolute Gasteiger partial charge is 0.395 e. The van der Waals surface area contributed by atoms with Crippen LogP contribution in [0.3, 0.4) is 0 Å². The van der Waals surface area contributed by atoms with E-state index in [-0.39, 0.29) is 134 Å². The first-order valence-electron chi connectivity index (χ1n) is 32.1. The number of amides is 2. The van der Waals surface area contributed by atoms with Gasteiger partial charge in [0, 0.05) is 101 Å². The summed E-state index contributed by atoms with van der Waals surface area (Å²) in [4.78, 5) is 45.0. The fourth-order valence-electron chi connectivity index (χ4n) is 9.92. The van der Waals surface area contributed by atoms with E-state index in [1.807, 2.05) is 0 Å². The summed E-state index contributed by atoms with van der Waals surface area (Å²) in [6.45, 7) is 7.01. The van der Waals surface area contributed by atoms with Crippen LogP contribution in [0.4, 0.5) is 27.5 Å². The lowest BCUT2D eigenvalue weighted by atomic mass is 9.94. The number of aliphatic hydroxyl groups is 12. The second kappa shape index (κ2) is 44.9. The van der Waals surface area contributed by atoms with Gasteiger partial charge in [0.05, 0.1) is 100 Å². The molecule has 6 aromatic carbocycles. The van der Waals surface area contributed by atoms with E-state index >= 15 is 0 Å². The highest BCUT2D eigenvalue weighted by Gasteiger charge is 2.35. The Morgan fingerprint density at radius 1 is 0.321 bits per heavy atom. The minimum atomic E-state index is -5.07. The zero-order chi connectivity index (χ0) is 78.8. The maximum atomic E-state index is 13.6. The molecule has 0 aromatic heterocycles. The van der Waals surface area contributed by atoms with Gasteiger partial charge in [0.15, 0.2) is 11.4 Å². The number of Topliss-reactive ketones (excluding diaryl/α,β-unsaturated/α-hetero) is 2. The Balaban J connectivity index is 0.000000480. The molecule has 0 fully saturated rings. The molecule has 2 aliphatic rings. The smallest absolute Gasteiger partial charge is 0.323 e. The highest BCUT2D eigenvalue weighted by atomic mass is 32.2. The number of hydrogen-bond donors (Lipinski definition) is 20. The number of ketones is 2. The normalized spacial score (nSPS) is 13.7. The second-order valence-electron chi connectivity index (χ2n) is 22.4. The van der Waals surface area contributed by atoms with Crippen molar-refractivity contribution in [3.63, 3.8) is 0 Å². The molecule has 0 heterocycles. The molecule has 0 atom stereocenters. The molecule has 6 aromatic rings. The van der Waals surface area contributed by atoms with Crippen molar-refractivity contribution >= 4 is 126 Å². The number of nitrogens with one attached hydrogen (secondary N) is 4. The molecule has 0 bridgehead atoms. The van der Waals surface area contributed by atoms with Crippen molar-refractivity contribution in [2.24, 2.45) is 10.2 Å². The van der Waals surface area contributed by atoms with E-state index in [9.17, 15) is 66.3 Å². The van der Waals surface area contributed by atoms with Gasteiger partial charge in [0.1, 0.15) is 9.81 Å². The molecule has 0 aliphatic heterocycles. The lowest BCUT2D eigenvalue weighted by Gasteiger charge is -2.18.